The minimum absolute atomic E-state index is 0.0873. The summed E-state index contributed by atoms with van der Waals surface area (Å²) in [5, 5.41) is 2.96. The van der Waals surface area contributed by atoms with E-state index in [9.17, 15) is 9.59 Å². The topological polar surface area (TPSA) is 55.4 Å². The van der Waals surface area contributed by atoms with E-state index in [0.29, 0.717) is 19.4 Å². The summed E-state index contributed by atoms with van der Waals surface area (Å²) in [4.78, 5) is 24.0. The molecule has 0 aliphatic heterocycles. The van der Waals surface area contributed by atoms with Crippen LogP contribution in [0.25, 0.3) is 11.1 Å². The molecular weight excluding hydrogens is 350 g/mol. The SMILES string of the molecule is CCCCCCCOC(=O)CCCC(=O)Nc1ccccc1-c1ccccc1. The third kappa shape index (κ3) is 7.95. The first kappa shape index (κ1) is 21.7. The van der Waals surface area contributed by atoms with Crippen molar-refractivity contribution >= 4 is 17.6 Å². The van der Waals surface area contributed by atoms with Crippen LogP contribution in [0, 0.1) is 0 Å². The van der Waals surface area contributed by atoms with Gasteiger partial charge in [-0.3, -0.25) is 9.59 Å². The van der Waals surface area contributed by atoms with Crippen LogP contribution >= 0.6 is 0 Å². The molecule has 1 amide bonds. The van der Waals surface area contributed by atoms with Crippen LogP contribution in [0.4, 0.5) is 5.69 Å². The number of para-hydroxylation sites is 1. The number of anilines is 1. The zero-order chi connectivity index (χ0) is 20.0. The van der Waals surface area contributed by atoms with Crippen LogP contribution in [0.1, 0.15) is 58.3 Å². The lowest BCUT2D eigenvalue weighted by molar-refractivity contribution is -0.143. The quantitative estimate of drug-likeness (QED) is 0.364. The summed E-state index contributed by atoms with van der Waals surface area (Å²) in [7, 11) is 0. The average molecular weight is 382 g/mol. The lowest BCUT2D eigenvalue weighted by atomic mass is 10.0. The molecule has 0 aromatic heterocycles. The third-order valence-corrected chi connectivity index (χ3v) is 4.58. The van der Waals surface area contributed by atoms with Crippen LogP contribution in [0.15, 0.2) is 54.6 Å². The highest BCUT2D eigenvalue weighted by Gasteiger charge is 2.10. The Hall–Kier alpha value is -2.62. The number of benzene rings is 2. The van der Waals surface area contributed by atoms with Crippen molar-refractivity contribution in [2.75, 3.05) is 11.9 Å². The molecule has 0 bridgehead atoms. The lowest BCUT2D eigenvalue weighted by Gasteiger charge is -2.11. The lowest BCUT2D eigenvalue weighted by Crippen LogP contribution is -2.13. The smallest absolute Gasteiger partial charge is 0.305 e. The summed E-state index contributed by atoms with van der Waals surface area (Å²) in [6.45, 7) is 2.66. The van der Waals surface area contributed by atoms with Crippen molar-refractivity contribution in [2.24, 2.45) is 0 Å². The highest BCUT2D eigenvalue weighted by molar-refractivity contribution is 5.95. The van der Waals surface area contributed by atoms with Crippen molar-refractivity contribution in [3.63, 3.8) is 0 Å². The van der Waals surface area contributed by atoms with Gasteiger partial charge in [-0.15, -0.1) is 0 Å². The Morgan fingerprint density at radius 1 is 0.821 bits per heavy atom. The fourth-order valence-corrected chi connectivity index (χ4v) is 3.03. The molecule has 0 fully saturated rings. The van der Waals surface area contributed by atoms with Crippen molar-refractivity contribution in [3.05, 3.63) is 54.6 Å². The minimum atomic E-state index is -0.215. The second kappa shape index (κ2) is 12.7. The molecule has 0 saturated heterocycles. The predicted octanol–water partition coefficient (Wildman–Crippen LogP) is 5.98. The van der Waals surface area contributed by atoms with Gasteiger partial charge in [0.25, 0.3) is 0 Å². The van der Waals surface area contributed by atoms with Crippen LogP contribution in [-0.2, 0) is 14.3 Å². The third-order valence-electron chi connectivity index (χ3n) is 4.58. The van der Waals surface area contributed by atoms with Crippen LogP contribution in [0.2, 0.25) is 0 Å². The molecule has 2 aromatic carbocycles. The number of hydrogen-bond acceptors (Lipinski definition) is 3. The maximum absolute atomic E-state index is 12.3. The van der Waals surface area contributed by atoms with Crippen molar-refractivity contribution in [2.45, 2.75) is 58.3 Å². The van der Waals surface area contributed by atoms with Gasteiger partial charge in [-0.05, 0) is 24.5 Å². The Morgan fingerprint density at radius 2 is 1.54 bits per heavy atom. The zero-order valence-corrected chi connectivity index (χ0v) is 16.8. The van der Waals surface area contributed by atoms with Gasteiger partial charge >= 0.3 is 5.97 Å². The summed E-state index contributed by atoms with van der Waals surface area (Å²) in [5.74, 6) is -0.302. The fraction of sp³-hybridized carbons (Fsp3) is 0.417. The Morgan fingerprint density at radius 3 is 2.32 bits per heavy atom. The van der Waals surface area contributed by atoms with Crippen molar-refractivity contribution in [3.8, 4) is 11.1 Å². The van der Waals surface area contributed by atoms with Crippen molar-refractivity contribution in [1.82, 2.24) is 0 Å². The van der Waals surface area contributed by atoms with E-state index in [1.54, 1.807) is 0 Å². The number of carbonyl (C=O) groups excluding carboxylic acids is 2. The van der Waals surface area contributed by atoms with E-state index in [0.717, 1.165) is 29.7 Å². The van der Waals surface area contributed by atoms with Crippen LogP contribution < -0.4 is 5.32 Å². The van der Waals surface area contributed by atoms with E-state index in [2.05, 4.69) is 12.2 Å². The van der Waals surface area contributed by atoms with Gasteiger partial charge in [0, 0.05) is 24.1 Å². The molecule has 2 aromatic rings. The molecule has 0 heterocycles. The standard InChI is InChI=1S/C24H31NO3/c1-2-3-4-5-11-19-28-24(27)18-12-17-23(26)25-22-16-10-9-15-21(22)20-13-7-6-8-14-20/h6-10,13-16H,2-5,11-12,17-19H2,1H3,(H,25,26). The molecule has 4 nitrogen and oxygen atoms in total. The van der Waals surface area contributed by atoms with Gasteiger partial charge in [-0.25, -0.2) is 0 Å². The summed E-state index contributed by atoms with van der Waals surface area (Å²) in [6, 6.07) is 17.7. The Bertz CT molecular complexity index is 728. The van der Waals surface area contributed by atoms with E-state index in [-0.39, 0.29) is 18.3 Å². The molecule has 0 unspecified atom stereocenters. The molecule has 150 valence electrons. The van der Waals surface area contributed by atoms with Gasteiger partial charge in [0.05, 0.1) is 6.61 Å². The molecule has 1 N–H and O–H groups in total. The normalized spacial score (nSPS) is 10.5. The average Bonchev–Trinajstić information content (AvgIpc) is 2.71. The summed E-state index contributed by atoms with van der Waals surface area (Å²) in [6.07, 6.45) is 6.73. The molecule has 0 radical (unpaired) electrons. The van der Waals surface area contributed by atoms with Gasteiger partial charge in [-0.1, -0.05) is 81.1 Å². The van der Waals surface area contributed by atoms with E-state index in [1.807, 2.05) is 54.6 Å². The number of esters is 1. The van der Waals surface area contributed by atoms with Gasteiger partial charge in [0.15, 0.2) is 0 Å². The Kier molecular flexibility index (Phi) is 9.84. The number of ether oxygens (including phenoxy) is 1. The first-order valence-corrected chi connectivity index (χ1v) is 10.3. The van der Waals surface area contributed by atoms with E-state index in [4.69, 9.17) is 4.74 Å². The maximum atomic E-state index is 12.3. The fourth-order valence-electron chi connectivity index (χ4n) is 3.03. The number of carbonyl (C=O) groups is 2. The summed E-state index contributed by atoms with van der Waals surface area (Å²) >= 11 is 0. The second-order valence-corrected chi connectivity index (χ2v) is 6.95. The molecular formula is C24H31NO3. The molecule has 2 rings (SSSR count). The highest BCUT2D eigenvalue weighted by Crippen LogP contribution is 2.27. The first-order chi connectivity index (χ1) is 13.7. The van der Waals surface area contributed by atoms with Gasteiger partial charge in [0.1, 0.15) is 0 Å². The molecule has 4 heteroatoms. The van der Waals surface area contributed by atoms with E-state index >= 15 is 0 Å². The number of amides is 1. The molecule has 0 aliphatic carbocycles. The molecule has 0 aliphatic rings. The Balaban J connectivity index is 1.70. The number of nitrogens with one attached hydrogen (secondary N) is 1. The van der Waals surface area contributed by atoms with Gasteiger partial charge in [0.2, 0.25) is 5.91 Å². The van der Waals surface area contributed by atoms with E-state index in [1.165, 1.54) is 19.3 Å². The maximum Gasteiger partial charge on any atom is 0.305 e. The second-order valence-electron chi connectivity index (χ2n) is 6.95. The first-order valence-electron chi connectivity index (χ1n) is 10.3. The van der Waals surface area contributed by atoms with Gasteiger partial charge < -0.3 is 10.1 Å². The molecule has 0 atom stereocenters. The number of unbranched alkanes of at least 4 members (excludes halogenated alkanes) is 4. The molecule has 0 saturated carbocycles. The number of hydrogen-bond donors (Lipinski definition) is 1. The van der Waals surface area contributed by atoms with Gasteiger partial charge in [-0.2, -0.15) is 0 Å². The molecule has 0 spiro atoms. The molecule has 28 heavy (non-hydrogen) atoms. The predicted molar refractivity (Wildman–Crippen MR) is 114 cm³/mol. The Labute approximate surface area is 168 Å². The highest BCUT2D eigenvalue weighted by atomic mass is 16.5. The van der Waals surface area contributed by atoms with E-state index < -0.39 is 0 Å². The van der Waals surface area contributed by atoms with Crippen LogP contribution in [-0.4, -0.2) is 18.5 Å². The minimum Gasteiger partial charge on any atom is -0.466 e. The monoisotopic (exact) mass is 381 g/mol. The van der Waals surface area contributed by atoms with Crippen LogP contribution in [0.3, 0.4) is 0 Å². The van der Waals surface area contributed by atoms with Crippen molar-refractivity contribution < 1.29 is 14.3 Å². The van der Waals surface area contributed by atoms with Crippen LogP contribution in [0.5, 0.6) is 0 Å². The summed E-state index contributed by atoms with van der Waals surface area (Å²) in [5.41, 5.74) is 2.83. The van der Waals surface area contributed by atoms with Crippen molar-refractivity contribution in [1.29, 1.82) is 0 Å². The largest absolute Gasteiger partial charge is 0.466 e. The zero-order valence-electron chi connectivity index (χ0n) is 16.8. The summed E-state index contributed by atoms with van der Waals surface area (Å²) < 4.78 is 5.23. The number of rotatable bonds is 12.